The molecule has 2 saturated heterocycles. The van der Waals surface area contributed by atoms with Gasteiger partial charge in [0.15, 0.2) is 0 Å². The molecular weight excluding hydrogens is 304 g/mol. The third kappa shape index (κ3) is 2.63. The smallest absolute Gasteiger partial charge is 0.254 e. The zero-order valence-corrected chi connectivity index (χ0v) is 13.6. The van der Waals surface area contributed by atoms with Crippen molar-refractivity contribution in [2.45, 2.75) is 19.1 Å². The Morgan fingerprint density at radius 2 is 1.96 bits per heavy atom. The number of anilines is 1. The van der Waals surface area contributed by atoms with Crippen molar-refractivity contribution in [2.75, 3.05) is 31.1 Å². The van der Waals surface area contributed by atoms with Gasteiger partial charge in [-0.2, -0.15) is 0 Å². The topological polar surface area (TPSA) is 58.6 Å². The molecule has 24 heavy (non-hydrogen) atoms. The van der Waals surface area contributed by atoms with Crippen molar-refractivity contribution in [3.05, 3.63) is 53.9 Å². The number of amides is 1. The van der Waals surface area contributed by atoms with Crippen LogP contribution < -0.4 is 4.90 Å². The highest BCUT2D eigenvalue weighted by molar-refractivity contribution is 5.96. The minimum atomic E-state index is 0.00974. The quantitative estimate of drug-likeness (QED) is 0.838. The molecule has 4 rings (SSSR count). The lowest BCUT2D eigenvalue weighted by Gasteiger charge is -2.36. The van der Waals surface area contributed by atoms with Crippen molar-refractivity contribution >= 4 is 11.9 Å². The number of benzene rings is 1. The summed E-state index contributed by atoms with van der Waals surface area (Å²) in [4.78, 5) is 25.7. The largest absolute Gasteiger partial charge is 0.372 e. The van der Waals surface area contributed by atoms with Gasteiger partial charge in [0.05, 0.1) is 18.8 Å². The van der Waals surface area contributed by atoms with Crippen molar-refractivity contribution < 1.29 is 9.53 Å². The molecule has 0 spiro atoms. The molecule has 6 heteroatoms. The first-order valence-corrected chi connectivity index (χ1v) is 8.24. The molecule has 1 aromatic heterocycles. The SMILES string of the molecule is Cc1ccccc1C(=O)N1C[C@@H]2OCCN(c3ncccn3)[C@@H]2C1. The molecule has 2 aromatic rings. The molecule has 0 unspecified atom stereocenters. The Balaban J connectivity index is 1.56. The average molecular weight is 324 g/mol. The van der Waals surface area contributed by atoms with Crippen LogP contribution in [0.3, 0.4) is 0 Å². The lowest BCUT2D eigenvalue weighted by molar-refractivity contribution is 0.0296. The monoisotopic (exact) mass is 324 g/mol. The van der Waals surface area contributed by atoms with Crippen LogP contribution in [0.15, 0.2) is 42.7 Å². The fraction of sp³-hybridized carbons (Fsp3) is 0.389. The number of fused-ring (bicyclic) bond motifs is 1. The van der Waals surface area contributed by atoms with Crippen LogP contribution in [0.25, 0.3) is 0 Å². The standard InChI is InChI=1S/C18H20N4O2/c1-13-5-2-3-6-14(13)17(23)21-11-15-16(12-21)24-10-9-22(15)18-19-7-4-8-20-18/h2-8,15-16H,9-12H2,1H3/t15-,16+/m1/s1. The van der Waals surface area contributed by atoms with Crippen LogP contribution in [0.4, 0.5) is 5.95 Å². The average Bonchev–Trinajstić information content (AvgIpc) is 3.06. The minimum Gasteiger partial charge on any atom is -0.372 e. The maximum absolute atomic E-state index is 12.9. The summed E-state index contributed by atoms with van der Waals surface area (Å²) in [6, 6.07) is 9.63. The van der Waals surface area contributed by atoms with Gasteiger partial charge in [-0.15, -0.1) is 0 Å². The highest BCUT2D eigenvalue weighted by Gasteiger charge is 2.43. The van der Waals surface area contributed by atoms with Crippen molar-refractivity contribution in [1.29, 1.82) is 0 Å². The van der Waals surface area contributed by atoms with Crippen LogP contribution in [-0.4, -0.2) is 59.2 Å². The van der Waals surface area contributed by atoms with E-state index in [0.717, 1.165) is 17.7 Å². The van der Waals surface area contributed by atoms with E-state index in [1.165, 1.54) is 0 Å². The van der Waals surface area contributed by atoms with Gasteiger partial charge in [-0.3, -0.25) is 4.79 Å². The second-order valence-electron chi connectivity index (χ2n) is 6.24. The number of carbonyl (C=O) groups excluding carboxylic acids is 1. The lowest BCUT2D eigenvalue weighted by atomic mass is 10.1. The number of rotatable bonds is 2. The van der Waals surface area contributed by atoms with Crippen molar-refractivity contribution in [3.63, 3.8) is 0 Å². The van der Waals surface area contributed by atoms with Crippen LogP contribution in [0.5, 0.6) is 0 Å². The summed E-state index contributed by atoms with van der Waals surface area (Å²) in [5, 5.41) is 0. The summed E-state index contributed by atoms with van der Waals surface area (Å²) in [6.07, 6.45) is 3.51. The first kappa shape index (κ1) is 15.1. The molecule has 1 aromatic carbocycles. The number of aryl methyl sites for hydroxylation is 1. The number of hydrogen-bond acceptors (Lipinski definition) is 5. The van der Waals surface area contributed by atoms with Gasteiger partial charge in [-0.05, 0) is 24.6 Å². The predicted molar refractivity (Wildman–Crippen MR) is 90.0 cm³/mol. The molecule has 3 heterocycles. The summed E-state index contributed by atoms with van der Waals surface area (Å²) in [7, 11) is 0. The van der Waals surface area contributed by atoms with Crippen LogP contribution in [0.1, 0.15) is 15.9 Å². The molecule has 2 aliphatic heterocycles. The zero-order valence-electron chi connectivity index (χ0n) is 13.6. The molecule has 2 fully saturated rings. The van der Waals surface area contributed by atoms with Crippen LogP contribution in [0, 0.1) is 6.92 Å². The molecular formula is C18H20N4O2. The van der Waals surface area contributed by atoms with E-state index in [-0.39, 0.29) is 18.1 Å². The molecule has 0 radical (unpaired) electrons. The molecule has 2 atom stereocenters. The molecule has 124 valence electrons. The normalized spacial score (nSPS) is 23.2. The van der Waals surface area contributed by atoms with E-state index < -0.39 is 0 Å². The Morgan fingerprint density at radius 1 is 1.17 bits per heavy atom. The second-order valence-corrected chi connectivity index (χ2v) is 6.24. The molecule has 6 nitrogen and oxygen atoms in total. The van der Waals surface area contributed by atoms with Gasteiger partial charge in [-0.1, -0.05) is 18.2 Å². The summed E-state index contributed by atoms with van der Waals surface area (Å²) < 4.78 is 5.91. The van der Waals surface area contributed by atoms with Crippen LogP contribution in [-0.2, 0) is 4.74 Å². The number of morpholine rings is 1. The Hall–Kier alpha value is -2.47. The van der Waals surface area contributed by atoms with Crippen LogP contribution in [0.2, 0.25) is 0 Å². The predicted octanol–water partition coefficient (Wildman–Crippen LogP) is 1.51. The molecule has 2 aliphatic rings. The number of nitrogens with zero attached hydrogens (tertiary/aromatic N) is 4. The lowest BCUT2D eigenvalue weighted by Crippen LogP contribution is -2.51. The zero-order chi connectivity index (χ0) is 16.5. The van der Waals surface area contributed by atoms with E-state index in [9.17, 15) is 4.79 Å². The van der Waals surface area contributed by atoms with E-state index in [1.807, 2.05) is 42.2 Å². The molecule has 0 saturated carbocycles. The van der Waals surface area contributed by atoms with E-state index >= 15 is 0 Å². The van der Waals surface area contributed by atoms with Crippen molar-refractivity contribution in [2.24, 2.45) is 0 Å². The molecule has 1 amide bonds. The minimum absolute atomic E-state index is 0.00974. The third-order valence-electron chi connectivity index (χ3n) is 4.77. The summed E-state index contributed by atoms with van der Waals surface area (Å²) in [6.45, 7) is 4.59. The highest BCUT2D eigenvalue weighted by atomic mass is 16.5. The van der Waals surface area contributed by atoms with E-state index in [1.54, 1.807) is 12.4 Å². The van der Waals surface area contributed by atoms with E-state index in [0.29, 0.717) is 25.6 Å². The van der Waals surface area contributed by atoms with E-state index in [4.69, 9.17) is 4.74 Å². The fourth-order valence-corrected chi connectivity index (χ4v) is 3.52. The second kappa shape index (κ2) is 6.20. The highest BCUT2D eigenvalue weighted by Crippen LogP contribution is 2.27. The summed E-state index contributed by atoms with van der Waals surface area (Å²) >= 11 is 0. The number of ether oxygens (including phenoxy) is 1. The number of likely N-dealkylation sites (tertiary alicyclic amines) is 1. The van der Waals surface area contributed by atoms with E-state index in [2.05, 4.69) is 14.9 Å². The Bertz CT molecular complexity index is 737. The van der Waals surface area contributed by atoms with Gasteiger partial charge in [0, 0.05) is 37.6 Å². The van der Waals surface area contributed by atoms with Gasteiger partial charge in [0.2, 0.25) is 5.95 Å². The van der Waals surface area contributed by atoms with Gasteiger partial charge >= 0.3 is 0 Å². The first-order chi connectivity index (χ1) is 11.7. The molecule has 0 aliphatic carbocycles. The maximum Gasteiger partial charge on any atom is 0.254 e. The molecule has 0 bridgehead atoms. The van der Waals surface area contributed by atoms with Crippen molar-refractivity contribution in [1.82, 2.24) is 14.9 Å². The number of hydrogen-bond donors (Lipinski definition) is 0. The Morgan fingerprint density at radius 3 is 2.75 bits per heavy atom. The maximum atomic E-state index is 12.9. The van der Waals surface area contributed by atoms with Gasteiger partial charge in [-0.25, -0.2) is 9.97 Å². The fourth-order valence-electron chi connectivity index (χ4n) is 3.52. The Labute approximate surface area is 141 Å². The van der Waals surface area contributed by atoms with Crippen molar-refractivity contribution in [3.8, 4) is 0 Å². The summed E-state index contributed by atoms with van der Waals surface area (Å²) in [5.41, 5.74) is 1.76. The van der Waals surface area contributed by atoms with Gasteiger partial charge in [0.25, 0.3) is 5.91 Å². The number of aromatic nitrogens is 2. The van der Waals surface area contributed by atoms with Gasteiger partial charge in [0.1, 0.15) is 0 Å². The molecule has 0 N–H and O–H groups in total. The number of carbonyl (C=O) groups is 1. The summed E-state index contributed by atoms with van der Waals surface area (Å²) in [5.74, 6) is 0.779. The third-order valence-corrected chi connectivity index (χ3v) is 4.77. The van der Waals surface area contributed by atoms with Gasteiger partial charge < -0.3 is 14.5 Å². The van der Waals surface area contributed by atoms with Crippen LogP contribution >= 0.6 is 0 Å². The first-order valence-electron chi connectivity index (χ1n) is 8.24. The Kier molecular flexibility index (Phi) is 3.90.